The number of para-hydroxylation sites is 2. The Kier molecular flexibility index (Phi) is 5.87. The van der Waals surface area contributed by atoms with Crippen LogP contribution in [0.4, 0.5) is 0 Å². The van der Waals surface area contributed by atoms with Gasteiger partial charge >= 0.3 is 0 Å². The van der Waals surface area contributed by atoms with Crippen LogP contribution in [0.3, 0.4) is 0 Å². The van der Waals surface area contributed by atoms with Crippen molar-refractivity contribution in [3.63, 3.8) is 0 Å². The van der Waals surface area contributed by atoms with Crippen LogP contribution in [0.5, 0.6) is 0 Å². The van der Waals surface area contributed by atoms with E-state index in [0.29, 0.717) is 0 Å². The third-order valence-electron chi connectivity index (χ3n) is 8.82. The van der Waals surface area contributed by atoms with Gasteiger partial charge < -0.3 is 24.9 Å². The van der Waals surface area contributed by atoms with E-state index in [9.17, 15) is 0 Å². The van der Waals surface area contributed by atoms with Crippen LogP contribution in [0.2, 0.25) is 0 Å². The second kappa shape index (κ2) is 10.2. The van der Waals surface area contributed by atoms with Crippen LogP contribution in [0.1, 0.15) is 35.2 Å². The molecule has 0 bridgehead atoms. The van der Waals surface area contributed by atoms with Gasteiger partial charge in [-0.05, 0) is 35.9 Å². The van der Waals surface area contributed by atoms with E-state index in [2.05, 4.69) is 137 Å². The van der Waals surface area contributed by atoms with E-state index < -0.39 is 0 Å². The summed E-state index contributed by atoms with van der Waals surface area (Å²) in [4.78, 5) is 0. The van der Waals surface area contributed by atoms with Gasteiger partial charge in [-0.3, -0.25) is 0 Å². The average molecular weight is 570 g/mol. The molecule has 212 valence electrons. The SMILES string of the molecule is c1ccc(C2[N-]C(c3ccccc3)NC(c3cccc(-n4c5ccccc5c5ccc6c7ccccc7oc6c54)c3)N2)cc1. The summed E-state index contributed by atoms with van der Waals surface area (Å²) in [7, 11) is 0. The molecule has 9 rings (SSSR count). The summed E-state index contributed by atoms with van der Waals surface area (Å²) in [6.07, 6.45) is -0.429. The minimum absolute atomic E-state index is 0.123. The number of rotatable bonds is 4. The van der Waals surface area contributed by atoms with Crippen LogP contribution >= 0.6 is 0 Å². The van der Waals surface area contributed by atoms with Crippen molar-refractivity contribution in [2.24, 2.45) is 0 Å². The summed E-state index contributed by atoms with van der Waals surface area (Å²) < 4.78 is 8.93. The molecule has 2 aromatic heterocycles. The highest BCUT2D eigenvalue weighted by molar-refractivity contribution is 6.21. The first-order chi connectivity index (χ1) is 21.8. The normalized spacial score (nSPS) is 18.9. The van der Waals surface area contributed by atoms with Crippen molar-refractivity contribution in [2.75, 3.05) is 0 Å². The molecule has 1 aliphatic heterocycles. The zero-order valence-corrected chi connectivity index (χ0v) is 23.9. The third kappa shape index (κ3) is 4.06. The number of aromatic nitrogens is 1. The molecule has 6 aromatic carbocycles. The number of hydrogen-bond donors (Lipinski definition) is 2. The zero-order valence-electron chi connectivity index (χ0n) is 23.9. The number of nitrogens with one attached hydrogen (secondary N) is 2. The first-order valence-corrected chi connectivity index (χ1v) is 15.1. The summed E-state index contributed by atoms with van der Waals surface area (Å²) in [6.45, 7) is 0. The molecule has 0 amide bonds. The lowest BCUT2D eigenvalue weighted by molar-refractivity contribution is 0.316. The van der Waals surface area contributed by atoms with Crippen molar-refractivity contribution in [3.05, 3.63) is 168 Å². The van der Waals surface area contributed by atoms with Crippen LogP contribution in [0.25, 0.3) is 54.7 Å². The molecule has 2 unspecified atom stereocenters. The molecular weight excluding hydrogens is 540 g/mol. The van der Waals surface area contributed by atoms with Gasteiger partial charge in [0.25, 0.3) is 0 Å². The Morgan fingerprint density at radius 3 is 1.89 bits per heavy atom. The molecule has 2 N–H and O–H groups in total. The Morgan fingerprint density at radius 2 is 1.14 bits per heavy atom. The molecule has 8 aromatic rings. The molecule has 5 heteroatoms. The Hall–Kier alpha value is -5.20. The lowest BCUT2D eigenvalue weighted by atomic mass is 10.0. The predicted octanol–water partition coefficient (Wildman–Crippen LogP) is 9.65. The summed E-state index contributed by atoms with van der Waals surface area (Å²) >= 11 is 0. The fourth-order valence-corrected chi connectivity index (χ4v) is 6.77. The van der Waals surface area contributed by atoms with Gasteiger partial charge in [0.1, 0.15) is 5.58 Å². The molecule has 1 fully saturated rings. The number of benzene rings is 6. The molecule has 5 nitrogen and oxygen atoms in total. The van der Waals surface area contributed by atoms with Gasteiger partial charge in [0.15, 0.2) is 5.58 Å². The Morgan fingerprint density at radius 1 is 0.523 bits per heavy atom. The second-order valence-electron chi connectivity index (χ2n) is 11.4. The molecule has 1 aliphatic rings. The van der Waals surface area contributed by atoms with Crippen molar-refractivity contribution in [1.29, 1.82) is 0 Å². The van der Waals surface area contributed by atoms with Gasteiger partial charge in [0.2, 0.25) is 0 Å². The average Bonchev–Trinajstić information content (AvgIpc) is 3.65. The van der Waals surface area contributed by atoms with Crippen molar-refractivity contribution in [2.45, 2.75) is 18.5 Å². The molecule has 0 saturated carbocycles. The molecule has 0 radical (unpaired) electrons. The zero-order chi connectivity index (χ0) is 29.0. The minimum atomic E-state index is -0.153. The molecule has 3 heterocycles. The van der Waals surface area contributed by atoms with Crippen molar-refractivity contribution in [1.82, 2.24) is 15.2 Å². The second-order valence-corrected chi connectivity index (χ2v) is 11.4. The predicted molar refractivity (Wildman–Crippen MR) is 179 cm³/mol. The van der Waals surface area contributed by atoms with E-state index in [1.807, 2.05) is 24.3 Å². The van der Waals surface area contributed by atoms with E-state index in [0.717, 1.165) is 55.3 Å². The number of fused-ring (bicyclic) bond motifs is 7. The van der Waals surface area contributed by atoms with Gasteiger partial charge in [-0.1, -0.05) is 139 Å². The van der Waals surface area contributed by atoms with Gasteiger partial charge in [0.05, 0.1) is 17.2 Å². The van der Waals surface area contributed by atoms with Crippen molar-refractivity contribution >= 4 is 43.7 Å². The van der Waals surface area contributed by atoms with E-state index in [4.69, 9.17) is 9.73 Å². The number of nitrogens with zero attached hydrogens (tertiary/aromatic N) is 2. The first-order valence-electron chi connectivity index (χ1n) is 15.1. The fourth-order valence-electron chi connectivity index (χ4n) is 6.77. The molecule has 2 atom stereocenters. The fraction of sp³-hybridized carbons (Fsp3) is 0.0769. The topological polar surface area (TPSA) is 56.2 Å². The summed E-state index contributed by atoms with van der Waals surface area (Å²) in [5.74, 6) is 0. The molecule has 44 heavy (non-hydrogen) atoms. The van der Waals surface area contributed by atoms with Crippen molar-refractivity contribution in [3.8, 4) is 5.69 Å². The summed E-state index contributed by atoms with van der Waals surface area (Å²) in [6, 6.07) is 51.1. The van der Waals surface area contributed by atoms with Gasteiger partial charge in [0, 0.05) is 27.2 Å². The lowest BCUT2D eigenvalue weighted by Crippen LogP contribution is -2.44. The van der Waals surface area contributed by atoms with E-state index in [1.54, 1.807) is 0 Å². The maximum atomic E-state index is 6.57. The highest BCUT2D eigenvalue weighted by Gasteiger charge is 2.23. The monoisotopic (exact) mass is 569 g/mol. The van der Waals surface area contributed by atoms with Gasteiger partial charge in [-0.25, -0.2) is 0 Å². The molecule has 0 aliphatic carbocycles. The third-order valence-corrected chi connectivity index (χ3v) is 8.82. The van der Waals surface area contributed by atoms with E-state index in [-0.39, 0.29) is 18.5 Å². The Bertz CT molecular complexity index is 2240. The van der Waals surface area contributed by atoms with Crippen LogP contribution in [0.15, 0.2) is 150 Å². The quantitative estimate of drug-likeness (QED) is 0.222. The Labute approximate surface area is 254 Å². The van der Waals surface area contributed by atoms with Crippen molar-refractivity contribution < 1.29 is 4.42 Å². The summed E-state index contributed by atoms with van der Waals surface area (Å²) in [5.41, 5.74) is 8.56. The first kappa shape index (κ1) is 25.3. The standard InChI is InChI=1S/C39H29N4O/c1-3-12-25(13-4-1)37-40-38(26-14-5-2-6-15-26)42-39(41-37)27-16-11-17-28(24-27)43-33-20-9-7-18-29(33)31-22-23-32-30-19-8-10-21-34(30)44-36(32)35(31)43/h1-24,37-39,41-42H/q-1. The molecule has 1 saturated heterocycles. The van der Waals surface area contributed by atoms with Gasteiger partial charge in [-0.2, -0.15) is 0 Å². The highest BCUT2D eigenvalue weighted by Crippen LogP contribution is 2.41. The maximum Gasteiger partial charge on any atom is 0.160 e. The smallest absolute Gasteiger partial charge is 0.160 e. The van der Waals surface area contributed by atoms with Gasteiger partial charge in [-0.15, -0.1) is 0 Å². The van der Waals surface area contributed by atoms with Crippen LogP contribution in [-0.2, 0) is 0 Å². The van der Waals surface area contributed by atoms with E-state index in [1.165, 1.54) is 10.8 Å². The largest absolute Gasteiger partial charge is 0.624 e. The van der Waals surface area contributed by atoms with E-state index >= 15 is 0 Å². The lowest BCUT2D eigenvalue weighted by Gasteiger charge is -2.50. The minimum Gasteiger partial charge on any atom is -0.624 e. The number of furan rings is 1. The maximum absolute atomic E-state index is 6.57. The summed E-state index contributed by atoms with van der Waals surface area (Å²) in [5, 5.41) is 17.4. The van der Waals surface area contributed by atoms with Crippen LogP contribution in [-0.4, -0.2) is 4.57 Å². The van der Waals surface area contributed by atoms with Crippen LogP contribution < -0.4 is 10.6 Å². The Balaban J connectivity index is 1.21. The number of hydrogen-bond acceptors (Lipinski definition) is 3. The highest BCUT2D eigenvalue weighted by atomic mass is 16.3. The molecular formula is C39H29N4O-. The van der Waals surface area contributed by atoms with Crippen LogP contribution in [0, 0.1) is 0 Å². The molecule has 0 spiro atoms.